The smallest absolute Gasteiger partial charge is 0.269 e. The molecule has 3 heterocycles. The van der Waals surface area contributed by atoms with Gasteiger partial charge in [-0.05, 0) is 12.1 Å². The van der Waals surface area contributed by atoms with Gasteiger partial charge in [-0.1, -0.05) is 24.0 Å². The lowest BCUT2D eigenvalue weighted by Gasteiger charge is -2.28. The van der Waals surface area contributed by atoms with Crippen molar-refractivity contribution in [2.24, 2.45) is 11.7 Å². The average molecular weight is 407 g/mol. The molecule has 2 aliphatic rings. The van der Waals surface area contributed by atoms with Gasteiger partial charge >= 0.3 is 0 Å². The normalized spacial score (nSPS) is 21.0. The van der Waals surface area contributed by atoms with E-state index in [0.717, 1.165) is 0 Å². The number of benzene rings is 1. The lowest BCUT2D eigenvalue weighted by atomic mass is 10.1. The number of likely N-dealkylation sites (N-methyl/N-ethyl adjacent to an activating group) is 1. The maximum atomic E-state index is 11.9. The molecule has 1 aromatic carbocycles. The number of anilines is 1. The Morgan fingerprint density at radius 1 is 1.40 bits per heavy atom. The fourth-order valence-electron chi connectivity index (χ4n) is 3.27. The number of ether oxygens (including phenoxy) is 1. The van der Waals surface area contributed by atoms with Crippen molar-refractivity contribution < 1.29 is 19.4 Å². The van der Waals surface area contributed by atoms with Crippen LogP contribution < -0.4 is 11.1 Å². The number of hydrogen-bond donors (Lipinski definition) is 3. The number of carbonyl (C=O) groups excluding carboxylic acids is 2. The first kappa shape index (κ1) is 19.8. The van der Waals surface area contributed by atoms with Crippen LogP contribution in [0.4, 0.5) is 5.69 Å². The van der Waals surface area contributed by atoms with Gasteiger partial charge in [-0.2, -0.15) is 0 Å². The minimum absolute atomic E-state index is 0.105. The van der Waals surface area contributed by atoms with Crippen LogP contribution in [0.3, 0.4) is 0 Å². The molecule has 0 bridgehead atoms. The van der Waals surface area contributed by atoms with Gasteiger partial charge in [-0.25, -0.2) is 9.97 Å². The zero-order valence-corrected chi connectivity index (χ0v) is 16.3. The van der Waals surface area contributed by atoms with Crippen LogP contribution >= 0.6 is 0 Å². The molecule has 0 spiro atoms. The second kappa shape index (κ2) is 8.10. The summed E-state index contributed by atoms with van der Waals surface area (Å²) in [6, 6.07) is 7.30. The molecule has 0 radical (unpaired) electrons. The first-order valence-electron chi connectivity index (χ1n) is 9.48. The molecule has 154 valence electrons. The highest BCUT2D eigenvalue weighted by atomic mass is 16.5. The summed E-state index contributed by atoms with van der Waals surface area (Å²) in [5.41, 5.74) is 7.43. The van der Waals surface area contributed by atoms with E-state index >= 15 is 0 Å². The summed E-state index contributed by atoms with van der Waals surface area (Å²) < 4.78 is 5.12. The largest absolute Gasteiger partial charge is 0.382 e. The van der Waals surface area contributed by atoms with Crippen LogP contribution in [0.2, 0.25) is 0 Å². The molecule has 30 heavy (non-hydrogen) atoms. The third kappa shape index (κ3) is 3.96. The Labute approximate surface area is 173 Å². The summed E-state index contributed by atoms with van der Waals surface area (Å²) in [4.78, 5) is 33.7. The van der Waals surface area contributed by atoms with E-state index in [-0.39, 0.29) is 17.6 Å². The van der Waals surface area contributed by atoms with Crippen molar-refractivity contribution in [3.8, 4) is 23.2 Å². The number of nitrogens with zero attached hydrogens (tertiary/aromatic N) is 3. The number of amides is 2. The van der Waals surface area contributed by atoms with E-state index in [0.29, 0.717) is 42.4 Å². The van der Waals surface area contributed by atoms with Crippen LogP contribution in [-0.2, 0) is 9.53 Å². The van der Waals surface area contributed by atoms with E-state index in [1.54, 1.807) is 25.2 Å². The monoisotopic (exact) mass is 407 g/mol. The number of aromatic nitrogens is 2. The third-order valence-corrected chi connectivity index (χ3v) is 5.02. The molecule has 9 nitrogen and oxygen atoms in total. The molecule has 2 amide bonds. The van der Waals surface area contributed by atoms with Crippen molar-refractivity contribution in [3.05, 3.63) is 41.7 Å². The van der Waals surface area contributed by atoms with E-state index in [2.05, 4.69) is 27.1 Å². The second-order valence-electron chi connectivity index (χ2n) is 7.32. The molecule has 4 N–H and O–H groups in total. The summed E-state index contributed by atoms with van der Waals surface area (Å²) in [7, 11) is 1.64. The molecule has 2 aliphatic heterocycles. The predicted molar refractivity (Wildman–Crippen MR) is 108 cm³/mol. The number of aliphatic hydroxyl groups is 1. The summed E-state index contributed by atoms with van der Waals surface area (Å²) in [6.45, 7) is 1.49. The van der Waals surface area contributed by atoms with Gasteiger partial charge in [0.1, 0.15) is 6.10 Å². The molecule has 4 rings (SSSR count). The highest BCUT2D eigenvalue weighted by molar-refractivity contribution is 5.96. The van der Waals surface area contributed by atoms with Crippen LogP contribution in [-0.4, -0.2) is 70.7 Å². The SMILES string of the molecule is CN1C[C@@H](C#Cc2cccc(-c3ncc(NC4COC4)c(C(N)=O)n3)c2)[C@H](O)C1=O. The molecule has 2 atom stereocenters. The van der Waals surface area contributed by atoms with Gasteiger partial charge in [-0.15, -0.1) is 0 Å². The maximum Gasteiger partial charge on any atom is 0.269 e. The van der Waals surface area contributed by atoms with Gasteiger partial charge in [0.2, 0.25) is 0 Å². The highest BCUT2D eigenvalue weighted by Gasteiger charge is 2.35. The zero-order chi connectivity index (χ0) is 21.3. The molecule has 0 saturated carbocycles. The highest BCUT2D eigenvalue weighted by Crippen LogP contribution is 2.22. The van der Waals surface area contributed by atoms with Gasteiger partial charge in [0.25, 0.3) is 11.8 Å². The van der Waals surface area contributed by atoms with Crippen molar-refractivity contribution in [2.45, 2.75) is 12.1 Å². The van der Waals surface area contributed by atoms with Crippen LogP contribution in [0.1, 0.15) is 16.1 Å². The van der Waals surface area contributed by atoms with Gasteiger partial charge in [0.05, 0.1) is 37.1 Å². The number of rotatable bonds is 4. The molecule has 0 aliphatic carbocycles. The van der Waals surface area contributed by atoms with Crippen molar-refractivity contribution in [3.63, 3.8) is 0 Å². The fourth-order valence-corrected chi connectivity index (χ4v) is 3.27. The van der Waals surface area contributed by atoms with Crippen molar-refractivity contribution in [2.75, 3.05) is 32.1 Å². The van der Waals surface area contributed by atoms with Crippen molar-refractivity contribution in [1.29, 1.82) is 0 Å². The minimum atomic E-state index is -1.10. The summed E-state index contributed by atoms with van der Waals surface area (Å²) in [5.74, 6) is 4.89. The van der Waals surface area contributed by atoms with Crippen molar-refractivity contribution >= 4 is 17.5 Å². The molecular weight excluding hydrogens is 386 g/mol. The Balaban J connectivity index is 1.58. The number of nitrogens with two attached hydrogens (primary N) is 1. The summed E-state index contributed by atoms with van der Waals surface area (Å²) in [5, 5.41) is 13.1. The van der Waals surface area contributed by atoms with Crippen LogP contribution in [0.25, 0.3) is 11.4 Å². The number of carbonyl (C=O) groups is 2. The molecule has 2 aromatic rings. The number of likely N-dealkylation sites (tertiary alicyclic amines) is 1. The maximum absolute atomic E-state index is 11.9. The molecule has 2 saturated heterocycles. The van der Waals surface area contributed by atoms with E-state index < -0.39 is 17.9 Å². The molecule has 0 unspecified atom stereocenters. The minimum Gasteiger partial charge on any atom is -0.382 e. The lowest BCUT2D eigenvalue weighted by molar-refractivity contribution is -0.133. The molecule has 2 fully saturated rings. The van der Waals surface area contributed by atoms with Gasteiger partial charge in [0, 0.05) is 24.7 Å². The Kier molecular flexibility index (Phi) is 5.35. The van der Waals surface area contributed by atoms with Gasteiger partial charge in [-0.3, -0.25) is 9.59 Å². The standard InChI is InChI=1S/C21H21N5O4/c1-26-9-14(18(27)21(26)29)6-5-12-3-2-4-13(7-12)20-23-8-16(17(25-20)19(22)28)24-15-10-30-11-15/h2-4,7-8,14-15,18,24,27H,9-11H2,1H3,(H2,22,28)/t14-,18+/m1/s1. The number of aliphatic hydroxyl groups excluding tert-OH is 1. The van der Waals surface area contributed by atoms with Crippen LogP contribution in [0.5, 0.6) is 0 Å². The summed E-state index contributed by atoms with van der Waals surface area (Å²) in [6.07, 6.45) is 0.434. The quantitative estimate of drug-likeness (QED) is 0.601. The Morgan fingerprint density at radius 3 is 2.83 bits per heavy atom. The van der Waals surface area contributed by atoms with Gasteiger partial charge < -0.3 is 25.8 Å². The fraction of sp³-hybridized carbons (Fsp3) is 0.333. The van der Waals surface area contributed by atoms with E-state index in [9.17, 15) is 14.7 Å². The molecular formula is C21H21N5O4. The second-order valence-corrected chi connectivity index (χ2v) is 7.32. The average Bonchev–Trinajstić information content (AvgIpc) is 2.96. The predicted octanol–water partition coefficient (Wildman–Crippen LogP) is -0.146. The van der Waals surface area contributed by atoms with Crippen LogP contribution in [0.15, 0.2) is 30.5 Å². The zero-order valence-electron chi connectivity index (χ0n) is 16.3. The number of nitrogens with one attached hydrogen (secondary N) is 1. The summed E-state index contributed by atoms with van der Waals surface area (Å²) >= 11 is 0. The van der Waals surface area contributed by atoms with E-state index in [1.165, 1.54) is 11.1 Å². The number of hydrogen-bond acceptors (Lipinski definition) is 7. The van der Waals surface area contributed by atoms with Crippen molar-refractivity contribution in [1.82, 2.24) is 14.9 Å². The molecule has 1 aromatic heterocycles. The third-order valence-electron chi connectivity index (χ3n) is 5.02. The first-order chi connectivity index (χ1) is 14.4. The van der Waals surface area contributed by atoms with Gasteiger partial charge in [0.15, 0.2) is 11.5 Å². The Hall–Kier alpha value is -3.48. The van der Waals surface area contributed by atoms with E-state index in [1.807, 2.05) is 6.07 Å². The molecule has 9 heteroatoms. The van der Waals surface area contributed by atoms with Crippen LogP contribution in [0, 0.1) is 17.8 Å². The van der Waals surface area contributed by atoms with E-state index in [4.69, 9.17) is 10.5 Å². The Bertz CT molecular complexity index is 1060. The first-order valence-corrected chi connectivity index (χ1v) is 9.48. The lowest BCUT2D eigenvalue weighted by Crippen LogP contribution is -2.41. The Morgan fingerprint density at radius 2 is 2.20 bits per heavy atom. The topological polar surface area (TPSA) is 131 Å². The number of primary amides is 1.